The molecular weight excluding hydrogens is 332 g/mol. The van der Waals surface area contributed by atoms with E-state index in [-0.39, 0.29) is 5.92 Å². The second-order valence-electron chi connectivity index (χ2n) is 4.22. The lowest BCUT2D eigenvalue weighted by molar-refractivity contribution is -0.140. The van der Waals surface area contributed by atoms with Crippen molar-refractivity contribution in [1.29, 1.82) is 0 Å². The monoisotopic (exact) mass is 348 g/mol. The van der Waals surface area contributed by atoms with E-state index in [1.54, 1.807) is 6.92 Å². The smallest absolute Gasteiger partial charge is 0.326 e. The summed E-state index contributed by atoms with van der Waals surface area (Å²) in [4.78, 5) is 23.8. The van der Waals surface area contributed by atoms with Crippen molar-refractivity contribution in [3.05, 3.63) is 20.8 Å². The Bertz CT molecular complexity index is 450. The van der Waals surface area contributed by atoms with Crippen molar-refractivity contribution in [3.8, 4) is 0 Å². The maximum absolute atomic E-state index is 11.7. The van der Waals surface area contributed by atoms with E-state index in [4.69, 9.17) is 5.11 Å². The second kappa shape index (κ2) is 7.49. The van der Waals surface area contributed by atoms with E-state index in [0.29, 0.717) is 13.0 Å². The molecule has 0 aliphatic heterocycles. The van der Waals surface area contributed by atoms with Gasteiger partial charge in [-0.2, -0.15) is 0 Å². The molecule has 19 heavy (non-hydrogen) atoms. The van der Waals surface area contributed by atoms with Crippen molar-refractivity contribution in [3.63, 3.8) is 0 Å². The van der Waals surface area contributed by atoms with Crippen molar-refractivity contribution >= 4 is 39.3 Å². The Labute approximate surface area is 124 Å². The minimum Gasteiger partial charge on any atom is -0.480 e. The van der Waals surface area contributed by atoms with Gasteiger partial charge in [0.05, 0.1) is 6.54 Å². The molecule has 0 fully saturated rings. The van der Waals surface area contributed by atoms with Crippen LogP contribution in [0.1, 0.15) is 25.1 Å². The van der Waals surface area contributed by atoms with Gasteiger partial charge in [-0.05, 0) is 33.3 Å². The summed E-state index contributed by atoms with van der Waals surface area (Å²) in [5.74, 6) is -1.13. The van der Waals surface area contributed by atoms with E-state index in [1.165, 1.54) is 11.3 Å². The Kier molecular flexibility index (Phi) is 6.30. The molecule has 0 radical (unpaired) electrons. The van der Waals surface area contributed by atoms with Crippen LogP contribution in [0.4, 0.5) is 4.79 Å². The van der Waals surface area contributed by atoms with E-state index >= 15 is 0 Å². The van der Waals surface area contributed by atoms with Crippen LogP contribution in [0.15, 0.2) is 15.9 Å². The molecule has 1 heterocycles. The Morgan fingerprint density at radius 3 is 2.68 bits per heavy atom. The molecule has 0 saturated heterocycles. The van der Waals surface area contributed by atoms with Gasteiger partial charge >= 0.3 is 12.0 Å². The molecule has 2 amide bonds. The average molecular weight is 349 g/mol. The zero-order valence-corrected chi connectivity index (χ0v) is 13.2. The molecule has 0 bridgehead atoms. The van der Waals surface area contributed by atoms with Gasteiger partial charge in [0.15, 0.2) is 0 Å². The zero-order valence-electron chi connectivity index (χ0n) is 10.8. The summed E-state index contributed by atoms with van der Waals surface area (Å²) >= 11 is 4.89. The van der Waals surface area contributed by atoms with Crippen LogP contribution < -0.4 is 10.6 Å². The number of amides is 2. The summed E-state index contributed by atoms with van der Waals surface area (Å²) in [5, 5.41) is 16.1. The number of carboxylic acid groups (broad SMARTS) is 1. The van der Waals surface area contributed by atoms with Gasteiger partial charge in [-0.15, -0.1) is 11.3 Å². The molecule has 0 spiro atoms. The van der Waals surface area contributed by atoms with Gasteiger partial charge in [-0.3, -0.25) is 0 Å². The number of urea groups is 1. The lowest BCUT2D eigenvalue weighted by atomic mass is 9.99. The quantitative estimate of drug-likeness (QED) is 0.739. The number of nitrogens with one attached hydrogen (secondary N) is 2. The van der Waals surface area contributed by atoms with Gasteiger partial charge < -0.3 is 15.7 Å². The SMILES string of the molecule is CCC(C)C(NC(=O)NCc1sccc1Br)C(=O)O. The van der Waals surface area contributed by atoms with E-state index in [1.807, 2.05) is 18.4 Å². The Morgan fingerprint density at radius 1 is 1.53 bits per heavy atom. The van der Waals surface area contributed by atoms with Crippen LogP contribution in [0.3, 0.4) is 0 Å². The van der Waals surface area contributed by atoms with Gasteiger partial charge in [0.25, 0.3) is 0 Å². The Balaban J connectivity index is 2.49. The third-order valence-corrected chi connectivity index (χ3v) is 4.79. The van der Waals surface area contributed by atoms with Gasteiger partial charge in [0, 0.05) is 9.35 Å². The third-order valence-electron chi connectivity index (χ3n) is 2.87. The number of hydrogen-bond donors (Lipinski definition) is 3. The topological polar surface area (TPSA) is 78.4 Å². The fourth-order valence-electron chi connectivity index (χ4n) is 1.49. The standard InChI is InChI=1S/C12H17BrN2O3S/c1-3-7(2)10(11(16)17)15-12(18)14-6-9-8(13)4-5-19-9/h4-5,7,10H,3,6H2,1-2H3,(H,16,17)(H2,14,15,18). The fourth-order valence-corrected chi connectivity index (χ4v) is 2.92. The number of carbonyl (C=O) groups is 2. The molecule has 1 aromatic rings. The summed E-state index contributed by atoms with van der Waals surface area (Å²) in [6.45, 7) is 4.06. The summed E-state index contributed by atoms with van der Waals surface area (Å²) in [6, 6.07) is 0.573. The molecule has 0 aliphatic rings. The van der Waals surface area contributed by atoms with Crippen LogP contribution in [-0.2, 0) is 11.3 Å². The van der Waals surface area contributed by atoms with Gasteiger partial charge in [-0.25, -0.2) is 9.59 Å². The highest BCUT2D eigenvalue weighted by atomic mass is 79.9. The first kappa shape index (κ1) is 16.0. The van der Waals surface area contributed by atoms with E-state index < -0.39 is 18.0 Å². The molecule has 5 nitrogen and oxygen atoms in total. The average Bonchev–Trinajstić information content (AvgIpc) is 2.77. The van der Waals surface area contributed by atoms with Crippen molar-refractivity contribution in [1.82, 2.24) is 10.6 Å². The van der Waals surface area contributed by atoms with E-state index in [2.05, 4.69) is 26.6 Å². The third kappa shape index (κ3) is 4.83. The van der Waals surface area contributed by atoms with Crippen molar-refractivity contribution in [2.45, 2.75) is 32.9 Å². The van der Waals surface area contributed by atoms with Gasteiger partial charge in [0.2, 0.25) is 0 Å². The van der Waals surface area contributed by atoms with Crippen LogP contribution in [0.2, 0.25) is 0 Å². The summed E-state index contributed by atoms with van der Waals surface area (Å²) < 4.78 is 0.939. The molecule has 0 aliphatic carbocycles. The number of hydrogen-bond acceptors (Lipinski definition) is 3. The van der Waals surface area contributed by atoms with Crippen molar-refractivity contribution in [2.24, 2.45) is 5.92 Å². The Hall–Kier alpha value is -1.08. The van der Waals surface area contributed by atoms with E-state index in [9.17, 15) is 9.59 Å². The molecule has 3 N–H and O–H groups in total. The molecule has 1 aromatic heterocycles. The number of carboxylic acids is 1. The number of rotatable bonds is 6. The summed E-state index contributed by atoms with van der Waals surface area (Å²) in [6.07, 6.45) is 0.688. The molecule has 0 aromatic carbocycles. The van der Waals surface area contributed by atoms with Crippen LogP contribution in [-0.4, -0.2) is 23.1 Å². The molecule has 7 heteroatoms. The number of halogens is 1. The largest absolute Gasteiger partial charge is 0.480 e. The first-order chi connectivity index (χ1) is 8.95. The predicted molar refractivity (Wildman–Crippen MR) is 78.3 cm³/mol. The highest BCUT2D eigenvalue weighted by molar-refractivity contribution is 9.10. The normalized spacial score (nSPS) is 13.6. The fraction of sp³-hybridized carbons (Fsp3) is 0.500. The van der Waals surface area contributed by atoms with Gasteiger partial charge in [-0.1, -0.05) is 20.3 Å². The van der Waals surface area contributed by atoms with Crippen molar-refractivity contribution < 1.29 is 14.7 Å². The minimum atomic E-state index is -1.01. The van der Waals surface area contributed by atoms with Crippen LogP contribution in [0.25, 0.3) is 0 Å². The predicted octanol–water partition coefficient (Wildman–Crippen LogP) is 2.81. The minimum absolute atomic E-state index is 0.114. The molecular formula is C12H17BrN2O3S. The lowest BCUT2D eigenvalue weighted by Gasteiger charge is -2.20. The Morgan fingerprint density at radius 2 is 2.21 bits per heavy atom. The number of thiophene rings is 1. The first-order valence-corrected chi connectivity index (χ1v) is 7.62. The zero-order chi connectivity index (χ0) is 14.4. The van der Waals surface area contributed by atoms with Crippen LogP contribution >= 0.6 is 27.3 Å². The number of carbonyl (C=O) groups excluding carboxylic acids is 1. The highest BCUT2D eigenvalue weighted by Crippen LogP contribution is 2.22. The molecule has 0 saturated carbocycles. The summed E-state index contributed by atoms with van der Waals surface area (Å²) in [5.41, 5.74) is 0. The van der Waals surface area contributed by atoms with Crippen LogP contribution in [0.5, 0.6) is 0 Å². The summed E-state index contributed by atoms with van der Waals surface area (Å²) in [7, 11) is 0. The second-order valence-corrected chi connectivity index (χ2v) is 6.08. The van der Waals surface area contributed by atoms with E-state index in [0.717, 1.165) is 9.35 Å². The molecule has 1 rings (SSSR count). The van der Waals surface area contributed by atoms with Crippen molar-refractivity contribution in [2.75, 3.05) is 0 Å². The first-order valence-electron chi connectivity index (χ1n) is 5.94. The highest BCUT2D eigenvalue weighted by Gasteiger charge is 2.25. The van der Waals surface area contributed by atoms with Gasteiger partial charge in [0.1, 0.15) is 6.04 Å². The molecule has 106 valence electrons. The maximum Gasteiger partial charge on any atom is 0.326 e. The number of aliphatic carboxylic acids is 1. The van der Waals surface area contributed by atoms with Crippen LogP contribution in [0, 0.1) is 5.92 Å². The molecule has 2 atom stereocenters. The maximum atomic E-state index is 11.7. The molecule has 2 unspecified atom stereocenters. The lowest BCUT2D eigenvalue weighted by Crippen LogP contribution is -2.48.